The molecule has 0 saturated carbocycles. The molecule has 0 aromatic carbocycles. The topological polar surface area (TPSA) is 84.0 Å². The molecule has 3 N–H and O–H groups in total. The summed E-state index contributed by atoms with van der Waals surface area (Å²) in [5.74, 6) is 2.04. The fourth-order valence-electron chi connectivity index (χ4n) is 3.46. The highest BCUT2D eigenvalue weighted by molar-refractivity contribution is 7.89. The lowest BCUT2D eigenvalue weighted by Gasteiger charge is -2.35. The largest absolute Gasteiger partial charge is 0.598 e. The van der Waals surface area contributed by atoms with E-state index in [4.69, 9.17) is 17.0 Å². The molecule has 1 fully saturated rings. The maximum atomic E-state index is 12.8. The van der Waals surface area contributed by atoms with Gasteiger partial charge in [0.05, 0.1) is 37.2 Å². The van der Waals surface area contributed by atoms with Gasteiger partial charge in [0.2, 0.25) is 0 Å². The average Bonchev–Trinajstić information content (AvgIpc) is 2.72. The number of hydrogen-bond donors (Lipinski definition) is 3. The van der Waals surface area contributed by atoms with Crippen LogP contribution in [-0.2, 0) is 16.1 Å². The van der Waals surface area contributed by atoms with Crippen molar-refractivity contribution in [2.75, 3.05) is 39.5 Å². The van der Waals surface area contributed by atoms with Crippen molar-refractivity contribution in [1.82, 2.24) is 20.3 Å². The average molecular weight is 470 g/mol. The molecule has 0 spiro atoms. The first-order valence-corrected chi connectivity index (χ1v) is 12.5. The van der Waals surface area contributed by atoms with Crippen molar-refractivity contribution in [3.8, 4) is 0 Å². The van der Waals surface area contributed by atoms with Crippen molar-refractivity contribution in [3.05, 3.63) is 35.9 Å². The van der Waals surface area contributed by atoms with Gasteiger partial charge >= 0.3 is 0 Å². The molecule has 1 heterocycles. The van der Waals surface area contributed by atoms with E-state index in [-0.39, 0.29) is 0 Å². The van der Waals surface area contributed by atoms with Crippen LogP contribution in [0.25, 0.3) is 0 Å². The molecule has 9 heteroatoms. The monoisotopic (exact) mass is 469 g/mol. The van der Waals surface area contributed by atoms with Crippen LogP contribution in [-0.4, -0.2) is 71.2 Å². The van der Waals surface area contributed by atoms with Gasteiger partial charge in [-0.3, -0.25) is 0 Å². The highest BCUT2D eigenvalue weighted by Gasteiger charge is 2.29. The number of piperazine rings is 1. The lowest BCUT2D eigenvalue weighted by Crippen LogP contribution is -2.56. The molecule has 3 atom stereocenters. The SMILES string of the molecule is C=CC(/C(=N/C=C(/NC)C(C)=S)NC)=C(\CCC[S+]([O-])N1CC(C)N[C@@H](C)C1)OCC. The lowest BCUT2D eigenvalue weighted by atomic mass is 10.1. The van der Waals surface area contributed by atoms with Gasteiger partial charge in [0.1, 0.15) is 17.3 Å². The van der Waals surface area contributed by atoms with Crippen molar-refractivity contribution in [2.45, 2.75) is 52.6 Å². The minimum Gasteiger partial charge on any atom is -0.598 e. The predicted molar refractivity (Wildman–Crippen MR) is 137 cm³/mol. The van der Waals surface area contributed by atoms with Gasteiger partial charge in [0.15, 0.2) is 0 Å². The molecular formula is C22H39N5O2S2. The second kappa shape index (κ2) is 14.6. The molecule has 31 heavy (non-hydrogen) atoms. The molecule has 0 radical (unpaired) electrons. The van der Waals surface area contributed by atoms with Crippen LogP contribution in [0.5, 0.6) is 0 Å². The normalized spacial score (nSPS) is 22.4. The molecular weight excluding hydrogens is 430 g/mol. The summed E-state index contributed by atoms with van der Waals surface area (Å²) in [4.78, 5) is 5.28. The summed E-state index contributed by atoms with van der Waals surface area (Å²) in [5.41, 5.74) is 1.58. The summed E-state index contributed by atoms with van der Waals surface area (Å²) in [6, 6.07) is 0.694. The molecule has 0 aromatic rings. The standard InChI is InChI=1S/C22H39N5O2S2/c1-8-19(22(24-7)25-13-20(23-6)18(5)30)21(29-9-2)11-10-12-31(28)27-14-16(3)26-17(4)15-27/h8,13,16-17,23,26H,1,9-12,14-15H2,2-7H3,(H,24,25)/b20-13+,21-19-/t16-,17?,31?/m0/s1. The summed E-state index contributed by atoms with van der Waals surface area (Å²) in [7, 11) is 3.62. The Labute approximate surface area is 196 Å². The van der Waals surface area contributed by atoms with E-state index in [1.54, 1.807) is 12.3 Å². The van der Waals surface area contributed by atoms with Crippen LogP contribution < -0.4 is 16.0 Å². The van der Waals surface area contributed by atoms with Crippen LogP contribution in [0.1, 0.15) is 40.5 Å². The first-order valence-electron chi connectivity index (χ1n) is 10.8. The van der Waals surface area contributed by atoms with Crippen molar-refractivity contribution in [3.63, 3.8) is 0 Å². The minimum absolute atomic E-state index is 0.347. The molecule has 1 aliphatic rings. The Morgan fingerprint density at radius 2 is 1.97 bits per heavy atom. The number of nitrogens with one attached hydrogen (secondary N) is 3. The van der Waals surface area contributed by atoms with E-state index in [0.29, 0.717) is 36.7 Å². The molecule has 0 aromatic heterocycles. The van der Waals surface area contributed by atoms with Gasteiger partial charge in [-0.15, -0.1) is 4.31 Å². The van der Waals surface area contributed by atoms with Crippen molar-refractivity contribution in [2.24, 2.45) is 4.99 Å². The van der Waals surface area contributed by atoms with Gasteiger partial charge in [0.25, 0.3) is 0 Å². The van der Waals surface area contributed by atoms with Crippen molar-refractivity contribution >= 4 is 34.3 Å². The number of thiocarbonyl (C=S) groups is 1. The second-order valence-corrected chi connectivity index (χ2v) is 9.68. The molecule has 1 aliphatic heterocycles. The number of hydrogen-bond acceptors (Lipinski definition) is 7. The zero-order chi connectivity index (χ0) is 23.4. The number of likely N-dealkylation sites (N-methyl/N-ethyl adjacent to an activating group) is 1. The Balaban J connectivity index is 2.93. The first-order chi connectivity index (χ1) is 14.8. The Hall–Kier alpha value is -1.39. The molecule has 7 nitrogen and oxygen atoms in total. The van der Waals surface area contributed by atoms with E-state index in [9.17, 15) is 4.55 Å². The van der Waals surface area contributed by atoms with E-state index in [1.165, 1.54) is 0 Å². The maximum absolute atomic E-state index is 12.8. The number of ether oxygens (including phenoxy) is 1. The van der Waals surface area contributed by atoms with Crippen LogP contribution in [0.15, 0.2) is 40.9 Å². The van der Waals surface area contributed by atoms with Crippen LogP contribution in [0.3, 0.4) is 0 Å². The van der Waals surface area contributed by atoms with Crippen LogP contribution >= 0.6 is 12.2 Å². The Kier molecular flexibility index (Phi) is 13.0. The summed E-state index contributed by atoms with van der Waals surface area (Å²) in [6.45, 7) is 14.2. The Bertz CT molecular complexity index is 683. The second-order valence-electron chi connectivity index (χ2n) is 7.50. The zero-order valence-electron chi connectivity index (χ0n) is 19.8. The third-order valence-electron chi connectivity index (χ3n) is 4.82. The van der Waals surface area contributed by atoms with Crippen LogP contribution in [0.2, 0.25) is 0 Å². The maximum Gasteiger partial charge on any atom is 0.136 e. The molecule has 0 amide bonds. The number of amidine groups is 1. The van der Waals surface area contributed by atoms with Crippen molar-refractivity contribution in [1.29, 1.82) is 0 Å². The van der Waals surface area contributed by atoms with E-state index < -0.39 is 11.4 Å². The summed E-state index contributed by atoms with van der Waals surface area (Å²) >= 11 is 4.23. The number of allylic oxidation sites excluding steroid dienone is 2. The Morgan fingerprint density at radius 3 is 2.45 bits per heavy atom. The fraction of sp³-hybridized carbons (Fsp3) is 0.636. The van der Waals surface area contributed by atoms with E-state index in [0.717, 1.165) is 41.4 Å². The molecule has 0 bridgehead atoms. The lowest BCUT2D eigenvalue weighted by molar-refractivity contribution is 0.216. The number of aliphatic imine (C=N–C) groups is 1. The quantitative estimate of drug-likeness (QED) is 0.0771. The van der Waals surface area contributed by atoms with Gasteiger partial charge < -0.3 is 25.2 Å². The van der Waals surface area contributed by atoms with E-state index in [2.05, 4.69) is 45.7 Å². The van der Waals surface area contributed by atoms with E-state index >= 15 is 0 Å². The molecule has 176 valence electrons. The highest BCUT2D eigenvalue weighted by atomic mass is 32.2. The highest BCUT2D eigenvalue weighted by Crippen LogP contribution is 2.18. The third-order valence-corrected chi connectivity index (χ3v) is 6.55. The third kappa shape index (κ3) is 9.33. The predicted octanol–water partition coefficient (Wildman–Crippen LogP) is 2.66. The first kappa shape index (κ1) is 27.6. The number of rotatable bonds is 12. The minimum atomic E-state index is -1.00. The van der Waals surface area contributed by atoms with E-state index in [1.807, 2.05) is 27.9 Å². The van der Waals surface area contributed by atoms with Crippen molar-refractivity contribution < 1.29 is 9.29 Å². The summed E-state index contributed by atoms with van der Waals surface area (Å²) < 4.78 is 20.8. The van der Waals surface area contributed by atoms with Gasteiger partial charge in [-0.1, -0.05) is 24.9 Å². The fourth-order valence-corrected chi connectivity index (χ4v) is 5.04. The Morgan fingerprint density at radius 1 is 1.32 bits per heavy atom. The molecule has 1 saturated heterocycles. The van der Waals surface area contributed by atoms with Gasteiger partial charge in [-0.25, -0.2) is 4.99 Å². The smallest absolute Gasteiger partial charge is 0.136 e. The zero-order valence-corrected chi connectivity index (χ0v) is 21.4. The van der Waals surface area contributed by atoms with Gasteiger partial charge in [-0.05, 0) is 27.7 Å². The van der Waals surface area contributed by atoms with Gasteiger partial charge in [0, 0.05) is 55.2 Å². The molecule has 1 rings (SSSR count). The van der Waals surface area contributed by atoms with Gasteiger partial charge in [-0.2, -0.15) is 0 Å². The van der Waals surface area contributed by atoms with Crippen LogP contribution in [0.4, 0.5) is 0 Å². The number of nitrogens with zero attached hydrogens (tertiary/aromatic N) is 2. The van der Waals surface area contributed by atoms with Crippen LogP contribution in [0, 0.1) is 0 Å². The molecule has 0 aliphatic carbocycles. The summed E-state index contributed by atoms with van der Waals surface area (Å²) in [6.07, 6.45) is 4.85. The summed E-state index contributed by atoms with van der Waals surface area (Å²) in [5, 5.41) is 9.64. The molecule has 2 unspecified atom stereocenters.